The first-order valence-corrected chi connectivity index (χ1v) is 5.10. The second-order valence-corrected chi connectivity index (χ2v) is 3.69. The third-order valence-electron chi connectivity index (χ3n) is 1.67. The largest absolute Gasteiger partial charge is 0.480 e. The molecule has 1 aromatic heterocycles. The highest BCUT2D eigenvalue weighted by Crippen LogP contribution is 2.21. The van der Waals surface area contributed by atoms with Gasteiger partial charge in [0.05, 0.1) is 17.8 Å². The second kappa shape index (κ2) is 5.90. The van der Waals surface area contributed by atoms with Crippen LogP contribution in [0.2, 0.25) is 0 Å². The number of rotatable bonds is 5. The van der Waals surface area contributed by atoms with E-state index in [4.69, 9.17) is 9.84 Å². The number of hydrogen-bond acceptors (Lipinski definition) is 5. The van der Waals surface area contributed by atoms with E-state index in [0.717, 1.165) is 0 Å². The van der Waals surface area contributed by atoms with E-state index < -0.39 is 12.5 Å². The van der Waals surface area contributed by atoms with E-state index in [9.17, 15) is 8.78 Å². The highest BCUT2D eigenvalue weighted by molar-refractivity contribution is 9.10. The third-order valence-corrected chi connectivity index (χ3v) is 2.21. The van der Waals surface area contributed by atoms with Crippen LogP contribution < -0.4 is 10.1 Å². The van der Waals surface area contributed by atoms with Gasteiger partial charge in [-0.15, -0.1) is 0 Å². The Morgan fingerprint density at radius 1 is 1.62 bits per heavy atom. The molecule has 16 heavy (non-hydrogen) atoms. The molecular weight excluding hydrogens is 288 g/mol. The Balaban J connectivity index is 2.61. The summed E-state index contributed by atoms with van der Waals surface area (Å²) < 4.78 is 29.4. The minimum atomic E-state index is -2.80. The van der Waals surface area contributed by atoms with Gasteiger partial charge in [-0.2, -0.15) is 4.98 Å². The molecule has 0 aliphatic heterocycles. The predicted molar refractivity (Wildman–Crippen MR) is 56.8 cm³/mol. The van der Waals surface area contributed by atoms with Crippen molar-refractivity contribution in [2.45, 2.75) is 12.5 Å². The summed E-state index contributed by atoms with van der Waals surface area (Å²) in [5.74, 6) is 0.392. The monoisotopic (exact) mass is 297 g/mol. The summed E-state index contributed by atoms with van der Waals surface area (Å²) in [5, 5.41) is 11.3. The topological polar surface area (TPSA) is 67.3 Å². The Kier molecular flexibility index (Phi) is 4.81. The normalized spacial score (nSPS) is 12.6. The number of methoxy groups -OCH3 is 1. The van der Waals surface area contributed by atoms with Gasteiger partial charge in [0, 0.05) is 6.54 Å². The van der Waals surface area contributed by atoms with E-state index in [1.165, 1.54) is 13.3 Å². The zero-order valence-electron chi connectivity index (χ0n) is 8.32. The number of halogens is 3. The molecule has 8 heteroatoms. The van der Waals surface area contributed by atoms with Gasteiger partial charge in [-0.05, 0) is 15.9 Å². The summed E-state index contributed by atoms with van der Waals surface area (Å²) in [5.41, 5.74) is 0. The maximum atomic E-state index is 12.0. The van der Waals surface area contributed by atoms with E-state index in [1.807, 2.05) is 0 Å². The molecule has 1 rings (SSSR count). The molecule has 0 amide bonds. The summed E-state index contributed by atoms with van der Waals surface area (Å²) >= 11 is 3.15. The van der Waals surface area contributed by atoms with Gasteiger partial charge in [-0.25, -0.2) is 13.8 Å². The van der Waals surface area contributed by atoms with Crippen LogP contribution in [-0.4, -0.2) is 41.3 Å². The van der Waals surface area contributed by atoms with Gasteiger partial charge in [0.25, 0.3) is 6.43 Å². The molecule has 1 heterocycles. The van der Waals surface area contributed by atoms with Gasteiger partial charge in [0.15, 0.2) is 0 Å². The van der Waals surface area contributed by atoms with Crippen LogP contribution in [0.3, 0.4) is 0 Å². The van der Waals surface area contributed by atoms with Crippen LogP contribution in [0.1, 0.15) is 0 Å². The summed E-state index contributed by atoms with van der Waals surface area (Å²) in [4.78, 5) is 7.69. The Bertz CT molecular complexity index is 354. The van der Waals surface area contributed by atoms with Crippen molar-refractivity contribution in [3.63, 3.8) is 0 Å². The first kappa shape index (κ1) is 13.0. The molecule has 90 valence electrons. The predicted octanol–water partition coefficient (Wildman–Crippen LogP) is 1.29. The number of nitrogens with one attached hydrogen (secondary N) is 1. The zero-order valence-corrected chi connectivity index (χ0v) is 9.91. The summed E-state index contributed by atoms with van der Waals surface area (Å²) in [6, 6.07) is 0. The van der Waals surface area contributed by atoms with E-state index >= 15 is 0 Å². The van der Waals surface area contributed by atoms with Crippen LogP contribution in [0.25, 0.3) is 0 Å². The Morgan fingerprint density at radius 2 is 2.31 bits per heavy atom. The number of aromatic nitrogens is 2. The average molecular weight is 298 g/mol. The number of hydrogen-bond donors (Lipinski definition) is 2. The summed E-state index contributed by atoms with van der Waals surface area (Å²) in [6.45, 7) is -0.331. The molecule has 0 bridgehead atoms. The van der Waals surface area contributed by atoms with Crippen LogP contribution in [0.4, 0.5) is 14.7 Å². The second-order valence-electron chi connectivity index (χ2n) is 2.83. The van der Waals surface area contributed by atoms with Crippen molar-refractivity contribution in [3.05, 3.63) is 10.7 Å². The zero-order chi connectivity index (χ0) is 12.1. The van der Waals surface area contributed by atoms with Crippen molar-refractivity contribution in [3.8, 4) is 5.88 Å². The molecule has 5 nitrogen and oxygen atoms in total. The lowest BCUT2D eigenvalue weighted by molar-refractivity contribution is 0.00376. The van der Waals surface area contributed by atoms with Gasteiger partial charge in [0.2, 0.25) is 11.8 Å². The van der Waals surface area contributed by atoms with Crippen LogP contribution in [0, 0.1) is 0 Å². The van der Waals surface area contributed by atoms with Crippen LogP contribution >= 0.6 is 15.9 Å². The molecular formula is C8H10BrF2N3O2. The lowest BCUT2D eigenvalue weighted by Crippen LogP contribution is -2.27. The van der Waals surface area contributed by atoms with Gasteiger partial charge in [-0.1, -0.05) is 0 Å². The molecule has 0 aliphatic carbocycles. The molecule has 0 aliphatic rings. The highest BCUT2D eigenvalue weighted by Gasteiger charge is 2.16. The van der Waals surface area contributed by atoms with E-state index in [-0.39, 0.29) is 18.4 Å². The standard InChI is InChI=1S/C8H10BrF2N3O2/c1-16-7-4(9)2-12-8(14-7)13-3-5(15)6(10)11/h2,5-6,15H,3H2,1H3,(H,12,13,14). The Labute approximate surface area is 99.0 Å². The maximum absolute atomic E-state index is 12.0. The molecule has 1 unspecified atom stereocenters. The maximum Gasteiger partial charge on any atom is 0.265 e. The Hall–Kier alpha value is -1.02. The van der Waals surface area contributed by atoms with E-state index in [1.54, 1.807) is 0 Å². The number of anilines is 1. The van der Waals surface area contributed by atoms with Crippen LogP contribution in [0.15, 0.2) is 10.7 Å². The number of alkyl halides is 2. The quantitative estimate of drug-likeness (QED) is 0.857. The molecule has 0 fully saturated rings. The number of nitrogens with zero attached hydrogens (tertiary/aromatic N) is 2. The van der Waals surface area contributed by atoms with Crippen molar-refractivity contribution in [1.82, 2.24) is 9.97 Å². The van der Waals surface area contributed by atoms with Crippen molar-refractivity contribution < 1.29 is 18.6 Å². The molecule has 0 aromatic carbocycles. The number of aliphatic hydroxyl groups is 1. The number of ether oxygens (including phenoxy) is 1. The Morgan fingerprint density at radius 3 is 2.88 bits per heavy atom. The van der Waals surface area contributed by atoms with Crippen LogP contribution in [0.5, 0.6) is 5.88 Å². The van der Waals surface area contributed by atoms with Crippen molar-refractivity contribution >= 4 is 21.9 Å². The smallest absolute Gasteiger partial charge is 0.265 e. The van der Waals surface area contributed by atoms with Crippen molar-refractivity contribution in [1.29, 1.82) is 0 Å². The molecule has 1 atom stereocenters. The minimum absolute atomic E-state index is 0.111. The first-order chi connectivity index (χ1) is 7.54. The SMILES string of the molecule is COc1nc(NCC(O)C(F)F)ncc1Br. The molecule has 0 radical (unpaired) electrons. The molecule has 1 aromatic rings. The summed E-state index contributed by atoms with van der Waals surface area (Å²) in [6.07, 6.45) is -3.13. The van der Waals surface area contributed by atoms with Gasteiger partial charge in [0.1, 0.15) is 6.10 Å². The van der Waals surface area contributed by atoms with Gasteiger partial charge in [-0.3, -0.25) is 0 Å². The lowest BCUT2D eigenvalue weighted by Gasteiger charge is -2.11. The van der Waals surface area contributed by atoms with Crippen molar-refractivity contribution in [2.75, 3.05) is 19.0 Å². The van der Waals surface area contributed by atoms with E-state index in [0.29, 0.717) is 4.47 Å². The molecule has 2 N–H and O–H groups in total. The van der Waals surface area contributed by atoms with Crippen molar-refractivity contribution in [2.24, 2.45) is 0 Å². The highest BCUT2D eigenvalue weighted by atomic mass is 79.9. The number of aliphatic hydroxyl groups excluding tert-OH is 1. The molecule has 0 saturated heterocycles. The average Bonchev–Trinajstić information content (AvgIpc) is 2.27. The lowest BCUT2D eigenvalue weighted by atomic mass is 10.4. The fourth-order valence-corrected chi connectivity index (χ4v) is 1.22. The van der Waals surface area contributed by atoms with Crippen LogP contribution in [-0.2, 0) is 0 Å². The van der Waals surface area contributed by atoms with Gasteiger partial charge < -0.3 is 15.2 Å². The van der Waals surface area contributed by atoms with Gasteiger partial charge >= 0.3 is 0 Å². The minimum Gasteiger partial charge on any atom is -0.480 e. The third kappa shape index (κ3) is 3.53. The molecule has 0 saturated carbocycles. The summed E-state index contributed by atoms with van der Waals surface area (Å²) in [7, 11) is 1.42. The fourth-order valence-electron chi connectivity index (χ4n) is 0.865. The first-order valence-electron chi connectivity index (χ1n) is 4.31. The molecule has 0 spiro atoms. The fraction of sp³-hybridized carbons (Fsp3) is 0.500. The van der Waals surface area contributed by atoms with E-state index in [2.05, 4.69) is 31.2 Å².